The Bertz CT molecular complexity index is 1580. The molecule has 11 nitrogen and oxygen atoms in total. The van der Waals surface area contributed by atoms with Crippen molar-refractivity contribution in [3.8, 4) is 5.75 Å². The van der Waals surface area contributed by atoms with E-state index >= 15 is 0 Å². The smallest absolute Gasteiger partial charge is 0.338 e. The Morgan fingerprint density at radius 3 is 1.65 bits per heavy atom. The Labute approximate surface area is 245 Å². The molecule has 4 aromatic carbocycles. The zero-order valence-electron chi connectivity index (χ0n) is 22.5. The largest absolute Gasteiger partial charge is 0.459 e. The molecule has 1 fully saturated rings. The van der Waals surface area contributed by atoms with Crippen LogP contribution in [0.2, 0.25) is 0 Å². The molecule has 218 valence electrons. The van der Waals surface area contributed by atoms with E-state index in [1.165, 1.54) is 48.5 Å². The molecule has 11 heteroatoms. The molecule has 1 saturated heterocycles. The van der Waals surface area contributed by atoms with Gasteiger partial charge in [0.2, 0.25) is 12.4 Å². The highest BCUT2D eigenvalue weighted by atomic mass is 16.7. The van der Waals surface area contributed by atoms with Crippen molar-refractivity contribution in [2.45, 2.75) is 24.6 Å². The number of hydrogen-bond acceptors (Lipinski definition) is 10. The number of rotatable bonds is 10. The van der Waals surface area contributed by atoms with Crippen LogP contribution in [0.3, 0.4) is 0 Å². The summed E-state index contributed by atoms with van der Waals surface area (Å²) in [5, 5.41) is 11.7. The van der Waals surface area contributed by atoms with Gasteiger partial charge in [-0.05, 0) is 42.5 Å². The minimum atomic E-state index is -1.48. The van der Waals surface area contributed by atoms with Gasteiger partial charge in [0.1, 0.15) is 12.7 Å². The first-order valence-electron chi connectivity index (χ1n) is 13.2. The van der Waals surface area contributed by atoms with Crippen molar-refractivity contribution >= 4 is 23.6 Å². The Hall–Kier alpha value is -5.55. The molecule has 1 heterocycles. The number of carbonyl (C=O) groups is 3. The SMILES string of the molecule is O=C(OC[C@H]1O[C@@H](Oc2ccccc2[N+](=O)[O-])[C@H](OC(=O)c2ccccc2)[C@@H]1OC(=O)c1ccccc1)c1ccccc1. The summed E-state index contributed by atoms with van der Waals surface area (Å²) in [4.78, 5) is 50.1. The quantitative estimate of drug-likeness (QED) is 0.108. The van der Waals surface area contributed by atoms with E-state index in [4.69, 9.17) is 23.7 Å². The normalized spacial score (nSPS) is 19.2. The van der Waals surface area contributed by atoms with Crippen molar-refractivity contribution in [3.05, 3.63) is 142 Å². The molecule has 0 aromatic heterocycles. The fraction of sp³-hybridized carbons (Fsp3) is 0.156. The molecule has 0 saturated carbocycles. The van der Waals surface area contributed by atoms with E-state index in [-0.39, 0.29) is 28.1 Å². The van der Waals surface area contributed by atoms with E-state index in [1.807, 2.05) is 0 Å². The third-order valence-corrected chi connectivity index (χ3v) is 6.47. The second-order valence-corrected chi connectivity index (χ2v) is 9.32. The summed E-state index contributed by atoms with van der Waals surface area (Å²) in [5.74, 6) is -2.39. The monoisotopic (exact) mass is 583 g/mol. The van der Waals surface area contributed by atoms with Crippen molar-refractivity contribution in [2.75, 3.05) is 6.61 Å². The van der Waals surface area contributed by atoms with Gasteiger partial charge < -0.3 is 23.7 Å². The number of carbonyl (C=O) groups excluding carboxylic acids is 3. The van der Waals surface area contributed by atoms with Gasteiger partial charge in [-0.3, -0.25) is 10.1 Å². The van der Waals surface area contributed by atoms with Crippen molar-refractivity contribution in [3.63, 3.8) is 0 Å². The van der Waals surface area contributed by atoms with Crippen LogP contribution in [0.15, 0.2) is 115 Å². The van der Waals surface area contributed by atoms with E-state index in [1.54, 1.807) is 66.7 Å². The van der Waals surface area contributed by atoms with Crippen LogP contribution in [0, 0.1) is 10.1 Å². The summed E-state index contributed by atoms with van der Waals surface area (Å²) in [6.07, 6.45) is -5.42. The fourth-order valence-corrected chi connectivity index (χ4v) is 4.37. The molecular formula is C32H25NO10. The Morgan fingerprint density at radius 2 is 1.12 bits per heavy atom. The number of ether oxygens (including phenoxy) is 5. The molecular weight excluding hydrogens is 558 g/mol. The first-order chi connectivity index (χ1) is 20.9. The summed E-state index contributed by atoms with van der Waals surface area (Å²) in [6.45, 7) is -0.420. The summed E-state index contributed by atoms with van der Waals surface area (Å²) in [7, 11) is 0. The molecule has 0 aliphatic carbocycles. The van der Waals surface area contributed by atoms with Crippen LogP contribution < -0.4 is 4.74 Å². The number of para-hydroxylation sites is 2. The van der Waals surface area contributed by atoms with Crippen LogP contribution in [0.4, 0.5) is 5.69 Å². The molecule has 1 aliphatic rings. The van der Waals surface area contributed by atoms with Crippen molar-refractivity contribution in [1.82, 2.24) is 0 Å². The predicted molar refractivity (Wildman–Crippen MR) is 150 cm³/mol. The molecule has 43 heavy (non-hydrogen) atoms. The summed E-state index contributed by atoms with van der Waals surface area (Å²) >= 11 is 0. The summed E-state index contributed by atoms with van der Waals surface area (Å²) < 4.78 is 28.9. The third kappa shape index (κ3) is 7.03. The van der Waals surface area contributed by atoms with Gasteiger partial charge in [-0.2, -0.15) is 0 Å². The molecule has 0 amide bonds. The first-order valence-corrected chi connectivity index (χ1v) is 13.2. The van der Waals surface area contributed by atoms with Gasteiger partial charge >= 0.3 is 23.6 Å². The van der Waals surface area contributed by atoms with Crippen molar-refractivity contribution in [2.24, 2.45) is 0 Å². The topological polar surface area (TPSA) is 141 Å². The van der Waals surface area contributed by atoms with Gasteiger partial charge in [-0.15, -0.1) is 0 Å². The zero-order chi connectivity index (χ0) is 30.2. The van der Waals surface area contributed by atoms with Gasteiger partial charge in [0.05, 0.1) is 21.6 Å². The summed E-state index contributed by atoms with van der Waals surface area (Å²) in [5.41, 5.74) is 0.312. The van der Waals surface area contributed by atoms with Gasteiger partial charge in [0.15, 0.2) is 11.9 Å². The second-order valence-electron chi connectivity index (χ2n) is 9.32. The highest BCUT2D eigenvalue weighted by molar-refractivity contribution is 5.91. The Morgan fingerprint density at radius 1 is 0.651 bits per heavy atom. The fourth-order valence-electron chi connectivity index (χ4n) is 4.37. The minimum Gasteiger partial charge on any atom is -0.459 e. The average Bonchev–Trinajstić information content (AvgIpc) is 3.35. The zero-order valence-corrected chi connectivity index (χ0v) is 22.5. The molecule has 5 rings (SSSR count). The first kappa shape index (κ1) is 29.0. The van der Waals surface area contributed by atoms with E-state index in [2.05, 4.69) is 0 Å². The predicted octanol–water partition coefficient (Wildman–Crippen LogP) is 5.01. The molecule has 4 aromatic rings. The lowest BCUT2D eigenvalue weighted by atomic mass is 10.1. The number of benzene rings is 4. The molecule has 4 atom stereocenters. The lowest BCUT2D eigenvalue weighted by Crippen LogP contribution is -2.43. The Balaban J connectivity index is 1.47. The van der Waals surface area contributed by atoms with Crippen molar-refractivity contribution < 1.29 is 43.0 Å². The van der Waals surface area contributed by atoms with Crippen LogP contribution in [0.1, 0.15) is 31.1 Å². The molecule has 1 aliphatic heterocycles. The Kier molecular flexibility index (Phi) is 9.03. The molecule has 0 N–H and O–H groups in total. The van der Waals surface area contributed by atoms with Gasteiger partial charge in [0.25, 0.3) is 0 Å². The van der Waals surface area contributed by atoms with Gasteiger partial charge in [-0.25, -0.2) is 14.4 Å². The van der Waals surface area contributed by atoms with E-state index in [0.717, 1.165) is 0 Å². The van der Waals surface area contributed by atoms with Gasteiger partial charge in [-0.1, -0.05) is 66.7 Å². The van der Waals surface area contributed by atoms with Crippen LogP contribution in [-0.4, -0.2) is 54.0 Å². The third-order valence-electron chi connectivity index (χ3n) is 6.47. The van der Waals surface area contributed by atoms with Crippen molar-refractivity contribution in [1.29, 1.82) is 0 Å². The summed E-state index contributed by atoms with van der Waals surface area (Å²) in [6, 6.07) is 29.9. The van der Waals surface area contributed by atoms with Crippen LogP contribution >= 0.6 is 0 Å². The highest BCUT2D eigenvalue weighted by Crippen LogP contribution is 2.34. The molecule has 0 bridgehead atoms. The van der Waals surface area contributed by atoms with Crippen LogP contribution in [0.5, 0.6) is 5.75 Å². The maximum Gasteiger partial charge on any atom is 0.338 e. The average molecular weight is 584 g/mol. The number of nitro groups is 1. The maximum atomic E-state index is 13.2. The maximum absolute atomic E-state index is 13.2. The van der Waals surface area contributed by atoms with Crippen LogP contribution in [-0.2, 0) is 18.9 Å². The molecule has 0 spiro atoms. The number of nitrogens with zero attached hydrogens (tertiary/aromatic N) is 1. The lowest BCUT2D eigenvalue weighted by Gasteiger charge is -2.24. The number of nitro benzene ring substituents is 1. The van der Waals surface area contributed by atoms with E-state index in [9.17, 15) is 24.5 Å². The molecule has 0 radical (unpaired) electrons. The molecule has 0 unspecified atom stereocenters. The highest BCUT2D eigenvalue weighted by Gasteiger charge is 2.52. The number of esters is 3. The van der Waals surface area contributed by atoms with E-state index in [0.29, 0.717) is 0 Å². The van der Waals surface area contributed by atoms with E-state index < -0.39 is 54.0 Å². The second kappa shape index (κ2) is 13.4. The lowest BCUT2D eigenvalue weighted by molar-refractivity contribution is -0.386. The number of hydrogen-bond donors (Lipinski definition) is 0. The minimum absolute atomic E-state index is 0.173. The van der Waals surface area contributed by atoms with Gasteiger partial charge in [0, 0.05) is 6.07 Å². The standard InChI is InChI=1S/C32H25NO10/c34-29(21-12-4-1-5-13-21)39-20-26-27(42-30(35)22-14-6-2-7-15-22)28(43-31(36)23-16-8-3-9-17-23)32(41-26)40-25-19-11-10-18-24(25)33(37)38/h1-19,26-28,32H,20H2/t26-,27-,28-,32-/m1/s1. The van der Waals surface area contributed by atoms with Crippen LogP contribution in [0.25, 0.3) is 0 Å².